The predicted molar refractivity (Wildman–Crippen MR) is 101 cm³/mol. The normalized spacial score (nSPS) is 16.9. The van der Waals surface area contributed by atoms with Crippen molar-refractivity contribution in [3.8, 4) is 0 Å². The molecule has 0 aliphatic carbocycles. The molecule has 1 aromatic carbocycles. The van der Waals surface area contributed by atoms with Crippen LogP contribution in [-0.4, -0.2) is 49.0 Å². The minimum atomic E-state index is -0.728. The van der Waals surface area contributed by atoms with Crippen molar-refractivity contribution in [3.63, 3.8) is 0 Å². The number of rotatable bonds is 6. The summed E-state index contributed by atoms with van der Waals surface area (Å²) in [6, 6.07) is 3.90. The number of nitrogens with two attached hydrogens (primary N) is 1. The number of nitrogens with zero attached hydrogens (tertiary/aromatic N) is 1. The Bertz CT molecular complexity index is 913. The number of methoxy groups -OCH3 is 1. The lowest BCUT2D eigenvalue weighted by Crippen LogP contribution is -2.51. The molecule has 7 nitrogen and oxygen atoms in total. The molecule has 0 unspecified atom stereocenters. The SMILES string of the molecule is COCc1c(C(=O)OCC(=O)N2CCCC[C@H]2C(N)=O)sc2cccc(F)c12. The fourth-order valence-corrected chi connectivity index (χ4v) is 4.53. The third-order valence-corrected chi connectivity index (χ3v) is 5.89. The third kappa shape index (κ3) is 4.00. The van der Waals surface area contributed by atoms with Gasteiger partial charge in [-0.3, -0.25) is 9.59 Å². The Morgan fingerprint density at radius 3 is 2.82 bits per heavy atom. The van der Waals surface area contributed by atoms with Crippen LogP contribution >= 0.6 is 11.3 Å². The second-order valence-corrected chi connectivity index (χ2v) is 7.59. The number of hydrogen-bond acceptors (Lipinski definition) is 6. The van der Waals surface area contributed by atoms with E-state index < -0.39 is 36.2 Å². The molecule has 2 heterocycles. The monoisotopic (exact) mass is 408 g/mol. The molecule has 2 aromatic rings. The van der Waals surface area contributed by atoms with Crippen molar-refractivity contribution in [1.82, 2.24) is 4.90 Å². The minimum absolute atomic E-state index is 0.0369. The molecule has 0 spiro atoms. The maximum absolute atomic E-state index is 14.2. The second-order valence-electron chi connectivity index (χ2n) is 6.53. The van der Waals surface area contributed by atoms with E-state index in [-0.39, 0.29) is 11.5 Å². The number of ether oxygens (including phenoxy) is 2. The Morgan fingerprint density at radius 1 is 1.32 bits per heavy atom. The lowest BCUT2D eigenvalue weighted by Gasteiger charge is -2.33. The van der Waals surface area contributed by atoms with Crippen LogP contribution in [0.2, 0.25) is 0 Å². The standard InChI is InChI=1S/C19H21FN2O5S/c1-26-9-11-16-12(20)5-4-7-14(16)28-17(11)19(25)27-10-15(23)22-8-3-2-6-13(22)18(21)24/h4-5,7,13H,2-3,6,8-10H2,1H3,(H2,21,24)/t13-/m0/s1. The van der Waals surface area contributed by atoms with Gasteiger partial charge >= 0.3 is 5.97 Å². The molecule has 0 radical (unpaired) electrons. The van der Waals surface area contributed by atoms with Gasteiger partial charge < -0.3 is 20.1 Å². The fraction of sp³-hybridized carbons (Fsp3) is 0.421. The molecule has 150 valence electrons. The molecular formula is C19H21FN2O5S. The van der Waals surface area contributed by atoms with Crippen molar-refractivity contribution >= 4 is 39.2 Å². The molecule has 1 fully saturated rings. The highest BCUT2D eigenvalue weighted by Gasteiger charge is 2.31. The first-order valence-electron chi connectivity index (χ1n) is 8.88. The van der Waals surface area contributed by atoms with E-state index in [2.05, 4.69) is 0 Å². The molecule has 1 aliphatic heterocycles. The molecule has 1 saturated heterocycles. The Hall–Kier alpha value is -2.52. The lowest BCUT2D eigenvalue weighted by molar-refractivity contribution is -0.143. The number of piperidine rings is 1. The summed E-state index contributed by atoms with van der Waals surface area (Å²) < 4.78 is 25.1. The van der Waals surface area contributed by atoms with Crippen LogP contribution in [0.15, 0.2) is 18.2 Å². The van der Waals surface area contributed by atoms with Crippen LogP contribution in [0.1, 0.15) is 34.5 Å². The van der Waals surface area contributed by atoms with Gasteiger partial charge in [-0.1, -0.05) is 6.07 Å². The van der Waals surface area contributed by atoms with E-state index in [4.69, 9.17) is 15.2 Å². The number of carbonyl (C=O) groups excluding carboxylic acids is 3. The summed E-state index contributed by atoms with van der Waals surface area (Å²) in [6.07, 6.45) is 2.07. The summed E-state index contributed by atoms with van der Waals surface area (Å²) >= 11 is 1.09. The van der Waals surface area contributed by atoms with Crippen LogP contribution in [-0.2, 0) is 25.7 Å². The Labute approximate surface area is 165 Å². The third-order valence-electron chi connectivity index (χ3n) is 4.72. The number of amides is 2. The van der Waals surface area contributed by atoms with E-state index in [0.29, 0.717) is 28.6 Å². The molecule has 1 aliphatic rings. The predicted octanol–water partition coefficient (Wildman–Crippen LogP) is 2.21. The van der Waals surface area contributed by atoms with Gasteiger partial charge in [0, 0.05) is 29.3 Å². The number of thiophene rings is 1. The maximum atomic E-state index is 14.2. The molecule has 3 rings (SSSR count). The average molecular weight is 408 g/mol. The zero-order valence-corrected chi connectivity index (χ0v) is 16.2. The minimum Gasteiger partial charge on any atom is -0.451 e. The summed E-state index contributed by atoms with van der Waals surface area (Å²) in [5.41, 5.74) is 5.76. The highest BCUT2D eigenvalue weighted by molar-refractivity contribution is 7.21. The zero-order valence-electron chi connectivity index (χ0n) is 15.4. The van der Waals surface area contributed by atoms with Gasteiger partial charge in [0.15, 0.2) is 6.61 Å². The van der Waals surface area contributed by atoms with Crippen molar-refractivity contribution < 1.29 is 28.2 Å². The maximum Gasteiger partial charge on any atom is 0.349 e. The number of carbonyl (C=O) groups is 3. The molecule has 1 aromatic heterocycles. The van der Waals surface area contributed by atoms with Crippen LogP contribution in [0.25, 0.3) is 10.1 Å². The molecular weight excluding hydrogens is 387 g/mol. The van der Waals surface area contributed by atoms with E-state index in [1.165, 1.54) is 18.1 Å². The summed E-state index contributed by atoms with van der Waals surface area (Å²) in [4.78, 5) is 38.1. The smallest absolute Gasteiger partial charge is 0.349 e. The quantitative estimate of drug-likeness (QED) is 0.739. The Morgan fingerprint density at radius 2 is 2.11 bits per heavy atom. The number of fused-ring (bicyclic) bond motifs is 1. The summed E-state index contributed by atoms with van der Waals surface area (Å²) in [7, 11) is 1.45. The first-order chi connectivity index (χ1) is 13.4. The lowest BCUT2D eigenvalue weighted by atomic mass is 10.0. The molecule has 2 amide bonds. The molecule has 2 N–H and O–H groups in total. The fourth-order valence-electron chi connectivity index (χ4n) is 3.42. The van der Waals surface area contributed by atoms with Gasteiger partial charge in [-0.2, -0.15) is 0 Å². The van der Waals surface area contributed by atoms with Crippen LogP contribution < -0.4 is 5.73 Å². The van der Waals surface area contributed by atoms with Crippen molar-refractivity contribution in [2.75, 3.05) is 20.3 Å². The van der Waals surface area contributed by atoms with Gasteiger partial charge in [0.05, 0.1) is 6.61 Å². The second kappa shape index (κ2) is 8.66. The van der Waals surface area contributed by atoms with Gasteiger partial charge in [-0.05, 0) is 31.4 Å². The molecule has 9 heteroatoms. The molecule has 28 heavy (non-hydrogen) atoms. The van der Waals surface area contributed by atoms with Crippen molar-refractivity contribution in [2.45, 2.75) is 31.9 Å². The van der Waals surface area contributed by atoms with Crippen LogP contribution in [0.3, 0.4) is 0 Å². The summed E-state index contributed by atoms with van der Waals surface area (Å²) in [6.45, 7) is -0.0754. The van der Waals surface area contributed by atoms with E-state index in [9.17, 15) is 18.8 Å². The van der Waals surface area contributed by atoms with Crippen LogP contribution in [0.5, 0.6) is 0 Å². The van der Waals surface area contributed by atoms with E-state index in [0.717, 1.165) is 24.2 Å². The number of esters is 1. The average Bonchev–Trinajstić information content (AvgIpc) is 3.06. The van der Waals surface area contributed by atoms with Gasteiger partial charge in [-0.25, -0.2) is 9.18 Å². The first kappa shape index (κ1) is 20.2. The van der Waals surface area contributed by atoms with E-state index in [1.54, 1.807) is 12.1 Å². The van der Waals surface area contributed by atoms with E-state index in [1.807, 2.05) is 0 Å². The Balaban J connectivity index is 1.76. The van der Waals surface area contributed by atoms with Crippen molar-refractivity contribution in [2.24, 2.45) is 5.73 Å². The molecule has 0 saturated carbocycles. The summed E-state index contributed by atoms with van der Waals surface area (Å²) in [5, 5.41) is 0.317. The Kier molecular flexibility index (Phi) is 6.25. The van der Waals surface area contributed by atoms with Crippen LogP contribution in [0, 0.1) is 5.82 Å². The number of primary amides is 1. The van der Waals surface area contributed by atoms with Crippen molar-refractivity contribution in [1.29, 1.82) is 0 Å². The van der Waals surface area contributed by atoms with Crippen molar-refractivity contribution in [3.05, 3.63) is 34.5 Å². The zero-order chi connectivity index (χ0) is 20.3. The van der Waals surface area contributed by atoms with Crippen LogP contribution in [0.4, 0.5) is 4.39 Å². The summed E-state index contributed by atoms with van der Waals surface area (Å²) in [5.74, 6) is -2.22. The number of likely N-dealkylation sites (tertiary alicyclic amines) is 1. The van der Waals surface area contributed by atoms with Gasteiger partial charge in [0.2, 0.25) is 5.91 Å². The van der Waals surface area contributed by atoms with Gasteiger partial charge in [0.1, 0.15) is 16.7 Å². The number of hydrogen-bond donors (Lipinski definition) is 1. The number of halogens is 1. The highest BCUT2D eigenvalue weighted by atomic mass is 32.1. The first-order valence-corrected chi connectivity index (χ1v) is 9.70. The topological polar surface area (TPSA) is 98.9 Å². The van der Waals surface area contributed by atoms with Gasteiger partial charge in [0.25, 0.3) is 5.91 Å². The van der Waals surface area contributed by atoms with Gasteiger partial charge in [-0.15, -0.1) is 11.3 Å². The molecule has 1 atom stereocenters. The molecule has 0 bridgehead atoms. The van der Waals surface area contributed by atoms with E-state index >= 15 is 0 Å². The highest BCUT2D eigenvalue weighted by Crippen LogP contribution is 2.34. The number of benzene rings is 1. The largest absolute Gasteiger partial charge is 0.451 e.